The number of hydrogen-bond acceptors (Lipinski definition) is 6. The largest absolute Gasteiger partial charge is 0.378 e. The molecule has 2 aliphatic carbocycles. The minimum absolute atomic E-state index is 0.0337. The number of urea groups is 1. The number of benzene rings is 1. The minimum Gasteiger partial charge on any atom is -0.378 e. The lowest BCUT2D eigenvalue weighted by molar-refractivity contribution is -0.142. The SMILES string of the molecule is O=C(NC1CCCCC1)C(=O)[C@H](COCc1ccccc1)NC(=O)[C@H](CC1CCCCC1)NC(=O)N1CCOCC1. The molecular weight excluding hydrogens is 524 g/mol. The Hall–Kier alpha value is -2.98. The molecule has 4 amide bonds. The standard InChI is InChI=1S/C31H46N4O6/c36-28(30(38)32-25-14-8-3-9-15-25)27(22-41-21-24-12-6-2-7-13-24)33-29(37)26(20-23-10-4-1-5-11-23)34-31(39)35-16-18-40-19-17-35/h2,6-7,12-13,23,25-27H,1,3-5,8-11,14-22H2,(H,32,38)(H,33,37)(H,34,39)/t26-,27-/m0/s1. The van der Waals surface area contributed by atoms with Crippen molar-refractivity contribution < 1.29 is 28.7 Å². The first-order chi connectivity index (χ1) is 20.0. The number of ether oxygens (including phenoxy) is 2. The molecule has 4 rings (SSSR count). The molecule has 3 N–H and O–H groups in total. The van der Waals surface area contributed by atoms with Gasteiger partial charge in [-0.05, 0) is 30.7 Å². The smallest absolute Gasteiger partial charge is 0.318 e. The molecule has 10 heteroatoms. The molecule has 41 heavy (non-hydrogen) atoms. The van der Waals surface area contributed by atoms with Gasteiger partial charge < -0.3 is 30.3 Å². The Morgan fingerprint density at radius 2 is 1.51 bits per heavy atom. The second-order valence-corrected chi connectivity index (χ2v) is 11.6. The molecule has 1 aromatic carbocycles. The van der Waals surface area contributed by atoms with Gasteiger partial charge in [0.25, 0.3) is 5.91 Å². The Labute approximate surface area is 243 Å². The molecule has 0 aromatic heterocycles. The van der Waals surface area contributed by atoms with E-state index in [4.69, 9.17) is 9.47 Å². The van der Waals surface area contributed by atoms with Crippen LogP contribution >= 0.6 is 0 Å². The Balaban J connectivity index is 1.43. The third-order valence-electron chi connectivity index (χ3n) is 8.40. The lowest BCUT2D eigenvalue weighted by Gasteiger charge is -2.31. The summed E-state index contributed by atoms with van der Waals surface area (Å²) >= 11 is 0. The van der Waals surface area contributed by atoms with Gasteiger partial charge in [0.15, 0.2) is 0 Å². The number of nitrogens with one attached hydrogen (secondary N) is 3. The maximum absolute atomic E-state index is 13.7. The molecule has 3 aliphatic rings. The fraction of sp³-hybridized carbons (Fsp3) is 0.677. The van der Waals surface area contributed by atoms with E-state index >= 15 is 0 Å². The van der Waals surface area contributed by atoms with Crippen LogP contribution < -0.4 is 16.0 Å². The fourth-order valence-corrected chi connectivity index (χ4v) is 5.98. The molecule has 2 atom stereocenters. The Morgan fingerprint density at radius 1 is 0.854 bits per heavy atom. The van der Waals surface area contributed by atoms with Gasteiger partial charge in [0, 0.05) is 19.1 Å². The predicted octanol–water partition coefficient (Wildman–Crippen LogP) is 3.09. The molecule has 1 saturated heterocycles. The molecule has 0 unspecified atom stereocenters. The molecule has 3 fully saturated rings. The zero-order chi connectivity index (χ0) is 28.9. The van der Waals surface area contributed by atoms with Crippen molar-refractivity contribution in [3.05, 3.63) is 35.9 Å². The van der Waals surface area contributed by atoms with Gasteiger partial charge in [0.2, 0.25) is 11.7 Å². The third kappa shape index (κ3) is 10.1. The molecule has 0 spiro atoms. The van der Waals surface area contributed by atoms with Crippen LogP contribution in [-0.2, 0) is 30.5 Å². The van der Waals surface area contributed by atoms with Crippen molar-refractivity contribution in [3.63, 3.8) is 0 Å². The first kappa shape index (κ1) is 31.0. The van der Waals surface area contributed by atoms with Crippen LogP contribution in [0.3, 0.4) is 0 Å². The van der Waals surface area contributed by atoms with Gasteiger partial charge in [-0.1, -0.05) is 81.7 Å². The second-order valence-electron chi connectivity index (χ2n) is 11.6. The van der Waals surface area contributed by atoms with Crippen LogP contribution in [0.4, 0.5) is 4.79 Å². The molecule has 226 valence electrons. The lowest BCUT2D eigenvalue weighted by Crippen LogP contribution is -2.58. The molecular formula is C31H46N4O6. The van der Waals surface area contributed by atoms with Crippen molar-refractivity contribution in [1.82, 2.24) is 20.9 Å². The van der Waals surface area contributed by atoms with E-state index in [2.05, 4.69) is 16.0 Å². The van der Waals surface area contributed by atoms with Gasteiger partial charge in [-0.2, -0.15) is 0 Å². The van der Waals surface area contributed by atoms with Crippen LogP contribution in [0, 0.1) is 5.92 Å². The lowest BCUT2D eigenvalue weighted by atomic mass is 9.84. The van der Waals surface area contributed by atoms with Crippen molar-refractivity contribution in [2.75, 3.05) is 32.9 Å². The highest BCUT2D eigenvalue weighted by Crippen LogP contribution is 2.27. The summed E-state index contributed by atoms with van der Waals surface area (Å²) in [6.07, 6.45) is 10.7. The molecule has 1 heterocycles. The number of Topliss-reactive ketones (excluding diaryl/α,β-unsaturated/α-hetero) is 1. The average Bonchev–Trinajstić information content (AvgIpc) is 3.01. The number of carbonyl (C=O) groups is 4. The van der Waals surface area contributed by atoms with Crippen LogP contribution in [0.15, 0.2) is 30.3 Å². The van der Waals surface area contributed by atoms with E-state index in [1.165, 1.54) is 6.42 Å². The summed E-state index contributed by atoms with van der Waals surface area (Å²) in [6.45, 7) is 1.92. The van der Waals surface area contributed by atoms with Crippen molar-refractivity contribution in [1.29, 1.82) is 0 Å². The monoisotopic (exact) mass is 570 g/mol. The topological polar surface area (TPSA) is 126 Å². The first-order valence-corrected chi connectivity index (χ1v) is 15.4. The van der Waals surface area contributed by atoms with Gasteiger partial charge in [0.1, 0.15) is 12.1 Å². The van der Waals surface area contributed by atoms with Crippen LogP contribution in [0.5, 0.6) is 0 Å². The number of hydrogen-bond donors (Lipinski definition) is 3. The molecule has 1 aliphatic heterocycles. The van der Waals surface area contributed by atoms with E-state index in [0.29, 0.717) is 38.6 Å². The summed E-state index contributed by atoms with van der Waals surface area (Å²) in [6, 6.07) is 7.18. The van der Waals surface area contributed by atoms with Gasteiger partial charge in [-0.3, -0.25) is 14.4 Å². The summed E-state index contributed by atoms with van der Waals surface area (Å²) < 4.78 is 11.2. The normalized spacial score (nSPS) is 20.0. The van der Waals surface area contributed by atoms with Crippen molar-refractivity contribution in [3.8, 4) is 0 Å². The van der Waals surface area contributed by atoms with E-state index in [1.54, 1.807) is 4.90 Å². The van der Waals surface area contributed by atoms with Crippen LogP contribution in [0.2, 0.25) is 0 Å². The molecule has 10 nitrogen and oxygen atoms in total. The number of carbonyl (C=O) groups excluding carboxylic acids is 4. The van der Waals surface area contributed by atoms with Gasteiger partial charge in [-0.25, -0.2) is 4.79 Å². The van der Waals surface area contributed by atoms with E-state index in [1.807, 2.05) is 30.3 Å². The van der Waals surface area contributed by atoms with Crippen LogP contribution in [0.25, 0.3) is 0 Å². The zero-order valence-corrected chi connectivity index (χ0v) is 24.1. The number of rotatable bonds is 12. The number of ketones is 1. The van der Waals surface area contributed by atoms with E-state index in [0.717, 1.165) is 63.4 Å². The van der Waals surface area contributed by atoms with Gasteiger partial charge >= 0.3 is 6.03 Å². The van der Waals surface area contributed by atoms with E-state index < -0.39 is 29.7 Å². The fourth-order valence-electron chi connectivity index (χ4n) is 5.98. The highest BCUT2D eigenvalue weighted by molar-refractivity contribution is 6.38. The Morgan fingerprint density at radius 3 is 2.20 bits per heavy atom. The summed E-state index contributed by atoms with van der Waals surface area (Å²) in [7, 11) is 0. The molecule has 0 bridgehead atoms. The zero-order valence-electron chi connectivity index (χ0n) is 24.1. The number of nitrogens with zero attached hydrogens (tertiary/aromatic N) is 1. The highest BCUT2D eigenvalue weighted by atomic mass is 16.5. The van der Waals surface area contributed by atoms with E-state index in [-0.39, 0.29) is 25.3 Å². The van der Waals surface area contributed by atoms with Gasteiger partial charge in [-0.15, -0.1) is 0 Å². The summed E-state index contributed by atoms with van der Waals surface area (Å²) in [4.78, 5) is 54.7. The van der Waals surface area contributed by atoms with Crippen LogP contribution in [0.1, 0.15) is 76.2 Å². The van der Waals surface area contributed by atoms with Gasteiger partial charge in [0.05, 0.1) is 26.4 Å². The maximum Gasteiger partial charge on any atom is 0.318 e. The summed E-state index contributed by atoms with van der Waals surface area (Å²) in [5.74, 6) is -1.59. The molecule has 2 saturated carbocycles. The number of morpholine rings is 1. The molecule has 0 radical (unpaired) electrons. The predicted molar refractivity (Wildman–Crippen MR) is 154 cm³/mol. The van der Waals surface area contributed by atoms with Crippen molar-refractivity contribution in [2.24, 2.45) is 5.92 Å². The quantitative estimate of drug-likeness (QED) is 0.332. The molecule has 1 aromatic rings. The Kier molecular flexibility index (Phi) is 12.4. The average molecular weight is 571 g/mol. The Bertz CT molecular complexity index is 988. The van der Waals surface area contributed by atoms with Crippen molar-refractivity contribution >= 4 is 23.6 Å². The summed E-state index contributed by atoms with van der Waals surface area (Å²) in [5.41, 5.74) is 0.921. The minimum atomic E-state index is -1.16. The first-order valence-electron chi connectivity index (χ1n) is 15.4. The van der Waals surface area contributed by atoms with Crippen molar-refractivity contribution in [2.45, 2.75) is 95.4 Å². The van der Waals surface area contributed by atoms with E-state index in [9.17, 15) is 19.2 Å². The van der Waals surface area contributed by atoms with Crippen LogP contribution in [-0.4, -0.2) is 79.6 Å². The number of amides is 4. The summed E-state index contributed by atoms with van der Waals surface area (Å²) in [5, 5.41) is 8.58. The third-order valence-corrected chi connectivity index (χ3v) is 8.40. The second kappa shape index (κ2) is 16.5. The maximum atomic E-state index is 13.7. The highest BCUT2D eigenvalue weighted by Gasteiger charge is 2.33.